The molecule has 4 aliphatic rings. The molecule has 2 aromatic heterocycles. The topological polar surface area (TPSA) is 196 Å². The van der Waals surface area contributed by atoms with Crippen LogP contribution in [0.15, 0.2) is 34.1 Å². The van der Waals surface area contributed by atoms with Crippen molar-refractivity contribution in [2.45, 2.75) is 115 Å². The van der Waals surface area contributed by atoms with Crippen LogP contribution in [0.1, 0.15) is 101 Å². The van der Waals surface area contributed by atoms with Gasteiger partial charge < -0.3 is 35.1 Å². The summed E-state index contributed by atoms with van der Waals surface area (Å²) >= 11 is 0. The molecule has 7 rings (SSSR count). The number of hydrogen-bond acceptors (Lipinski definition) is 11. The summed E-state index contributed by atoms with van der Waals surface area (Å²) in [6, 6.07) is 4.82. The summed E-state index contributed by atoms with van der Waals surface area (Å²) in [5.74, 6) is -3.78. The number of aromatic nitrogens is 2. The minimum absolute atomic E-state index is 0. The number of carboxylic acids is 1. The highest BCUT2D eigenvalue weighted by atomic mass is 35.5. The third-order valence-electron chi connectivity index (χ3n) is 11.2. The summed E-state index contributed by atoms with van der Waals surface area (Å²) in [5, 5.41) is 13.2. The molecular formula is C39H47ClN6O8. The second-order valence-corrected chi connectivity index (χ2v) is 14.6. The number of nitrogens with zero attached hydrogens (tertiary/aromatic N) is 4. The molecule has 0 saturated heterocycles. The maximum Gasteiger partial charge on any atom is 0.355 e. The molecule has 0 bridgehead atoms. The number of pyridine rings is 2. The summed E-state index contributed by atoms with van der Waals surface area (Å²) in [5.41, 5.74) is 8.37. The molecule has 3 aliphatic heterocycles. The van der Waals surface area contributed by atoms with Crippen molar-refractivity contribution in [1.82, 2.24) is 14.9 Å². The van der Waals surface area contributed by atoms with Crippen molar-refractivity contribution in [3.63, 3.8) is 0 Å². The maximum absolute atomic E-state index is 14.3. The van der Waals surface area contributed by atoms with Gasteiger partial charge in [-0.2, -0.15) is 0 Å². The third kappa shape index (κ3) is 6.97. The Hall–Kier alpha value is -4.82. The van der Waals surface area contributed by atoms with Gasteiger partial charge in [-0.1, -0.05) is 64.9 Å². The van der Waals surface area contributed by atoms with Crippen LogP contribution in [0.2, 0.25) is 0 Å². The Labute approximate surface area is 318 Å². The van der Waals surface area contributed by atoms with E-state index in [4.69, 9.17) is 25.2 Å². The number of cyclic esters (lactones) is 1. The minimum atomic E-state index is -2.04. The molecular weight excluding hydrogens is 716 g/mol. The van der Waals surface area contributed by atoms with Crippen LogP contribution in [0.4, 0.5) is 11.4 Å². The summed E-state index contributed by atoms with van der Waals surface area (Å²) in [6.45, 7) is 4.41. The average Bonchev–Trinajstić information content (AvgIpc) is 3.52. The van der Waals surface area contributed by atoms with Gasteiger partial charge in [0.1, 0.15) is 12.6 Å². The van der Waals surface area contributed by atoms with Crippen molar-refractivity contribution in [2.75, 3.05) is 11.4 Å². The Morgan fingerprint density at radius 1 is 1.13 bits per heavy atom. The molecule has 15 heteroatoms. The first kappa shape index (κ1) is 38.9. The quantitative estimate of drug-likeness (QED) is 0.123. The molecule has 3 atom stereocenters. The molecule has 0 radical (unpaired) electrons. The van der Waals surface area contributed by atoms with Crippen LogP contribution in [0.25, 0.3) is 22.3 Å². The normalized spacial score (nSPS) is 19.5. The lowest BCUT2D eigenvalue weighted by molar-refractivity contribution is -0.190. The zero-order valence-electron chi connectivity index (χ0n) is 30.6. The van der Waals surface area contributed by atoms with E-state index in [2.05, 4.69) is 17.1 Å². The number of hydrogen-bond donors (Lipinski definition) is 3. The highest BCUT2D eigenvalue weighted by Gasteiger charge is 2.51. The Balaban J connectivity index is 0.00000497. The standard InChI is InChI=1S/C39H46N6O8.ClH/c1-3-5-9-15-44-21-41-27-13-10-14-28-32(27)34(44)23-19-45-30(33(23)42-28)17-25-24(36(45)48)20-52-38(51)39(25,4-2)53-31(46)18-29(37(49)50)43-35(47)26(40)16-22-11-7-6-8-12-22;/h10,13-14,17,21-22,26,29H,3-9,11-12,15-16,18-20,40H2,1-2H3,(H,43,47)(H,49,50);1H/t26-,29+,39-;/m0./s1. The predicted molar refractivity (Wildman–Crippen MR) is 204 cm³/mol. The van der Waals surface area contributed by atoms with Gasteiger partial charge in [-0.15, -0.1) is 12.4 Å². The molecule has 0 unspecified atom stereocenters. The first-order valence-corrected chi connectivity index (χ1v) is 18.8. The number of unbranched alkanes of at least 4 members (excludes halogenated alkanes) is 2. The van der Waals surface area contributed by atoms with E-state index in [1.54, 1.807) is 17.6 Å². The monoisotopic (exact) mass is 762 g/mol. The van der Waals surface area contributed by atoms with Gasteiger partial charge in [0.25, 0.3) is 5.56 Å². The SMILES string of the molecule is CCCCCN1C=Nc2cccc3nc4c(c1c23)Cn1c-4cc2c(c1=O)COC(=O)[C@@]2(CC)OC(=O)C[C@@H](NC(=O)[C@@H](N)CC1CCCCC1)C(=O)O.Cl. The summed E-state index contributed by atoms with van der Waals surface area (Å²) in [6.07, 6.45) is 9.64. The number of ether oxygens (including phenoxy) is 2. The smallest absolute Gasteiger partial charge is 0.355 e. The lowest BCUT2D eigenvalue weighted by atomic mass is 9.85. The third-order valence-corrected chi connectivity index (χ3v) is 11.2. The first-order chi connectivity index (χ1) is 25.6. The predicted octanol–water partition coefficient (Wildman–Crippen LogP) is 4.98. The largest absolute Gasteiger partial charge is 0.480 e. The maximum atomic E-state index is 14.3. The number of carbonyl (C=O) groups is 4. The van der Waals surface area contributed by atoms with Crippen LogP contribution in [-0.2, 0) is 47.4 Å². The minimum Gasteiger partial charge on any atom is -0.480 e. The molecule has 5 heterocycles. The zero-order chi connectivity index (χ0) is 37.4. The number of nitrogens with two attached hydrogens (primary N) is 1. The molecule has 288 valence electrons. The van der Waals surface area contributed by atoms with Gasteiger partial charge in [0.2, 0.25) is 11.5 Å². The number of amides is 1. The van der Waals surface area contributed by atoms with Crippen LogP contribution < -0.4 is 21.5 Å². The van der Waals surface area contributed by atoms with E-state index in [-0.39, 0.29) is 49.0 Å². The van der Waals surface area contributed by atoms with E-state index in [9.17, 15) is 29.1 Å². The van der Waals surface area contributed by atoms with E-state index >= 15 is 0 Å². The Morgan fingerprint density at radius 2 is 1.91 bits per heavy atom. The second kappa shape index (κ2) is 15.9. The van der Waals surface area contributed by atoms with Crippen LogP contribution in [0.5, 0.6) is 0 Å². The summed E-state index contributed by atoms with van der Waals surface area (Å²) < 4.78 is 13.0. The van der Waals surface area contributed by atoms with Crippen LogP contribution in [-0.4, -0.2) is 63.4 Å². The number of aliphatic imine (C=N–C) groups is 1. The van der Waals surface area contributed by atoms with Crippen LogP contribution in [0, 0.1) is 5.92 Å². The van der Waals surface area contributed by atoms with E-state index in [0.717, 1.165) is 80.2 Å². The molecule has 1 aliphatic carbocycles. The molecule has 1 amide bonds. The highest BCUT2D eigenvalue weighted by molar-refractivity contribution is 6.11. The zero-order valence-corrected chi connectivity index (χ0v) is 31.4. The van der Waals surface area contributed by atoms with Gasteiger partial charge in [0, 0.05) is 17.7 Å². The van der Waals surface area contributed by atoms with Crippen molar-refractivity contribution < 1.29 is 33.8 Å². The van der Waals surface area contributed by atoms with Gasteiger partial charge in [0.15, 0.2) is 0 Å². The highest BCUT2D eigenvalue weighted by Crippen LogP contribution is 2.47. The lowest BCUT2D eigenvalue weighted by Crippen LogP contribution is -2.51. The van der Waals surface area contributed by atoms with Crippen molar-refractivity contribution in [3.8, 4) is 11.4 Å². The van der Waals surface area contributed by atoms with Crippen molar-refractivity contribution in [1.29, 1.82) is 0 Å². The molecule has 1 saturated carbocycles. The van der Waals surface area contributed by atoms with Crippen LogP contribution in [0.3, 0.4) is 0 Å². The first-order valence-electron chi connectivity index (χ1n) is 18.8. The Kier molecular flexibility index (Phi) is 11.4. The molecule has 0 spiro atoms. The van der Waals surface area contributed by atoms with E-state index in [1.165, 1.54) is 0 Å². The van der Waals surface area contributed by atoms with Gasteiger partial charge in [-0.25, -0.2) is 19.6 Å². The van der Waals surface area contributed by atoms with Gasteiger partial charge >= 0.3 is 17.9 Å². The Morgan fingerprint density at radius 3 is 2.63 bits per heavy atom. The number of benzene rings is 1. The number of halogens is 1. The number of fused-ring (bicyclic) bond motifs is 5. The summed E-state index contributed by atoms with van der Waals surface area (Å²) in [4.78, 5) is 78.4. The van der Waals surface area contributed by atoms with Gasteiger partial charge in [-0.05, 0) is 43.4 Å². The van der Waals surface area contributed by atoms with E-state index in [1.807, 2.05) is 24.5 Å². The van der Waals surface area contributed by atoms with E-state index in [0.29, 0.717) is 23.3 Å². The summed E-state index contributed by atoms with van der Waals surface area (Å²) in [7, 11) is 0. The second-order valence-electron chi connectivity index (χ2n) is 14.6. The molecule has 54 heavy (non-hydrogen) atoms. The fraction of sp³-hybridized carbons (Fsp3) is 0.513. The number of carbonyl (C=O) groups excluding carboxylic acids is 3. The van der Waals surface area contributed by atoms with Crippen molar-refractivity contribution in [2.24, 2.45) is 16.6 Å². The van der Waals surface area contributed by atoms with E-state index < -0.39 is 53.5 Å². The number of nitrogens with one attached hydrogen (secondary N) is 1. The molecule has 4 N–H and O–H groups in total. The number of carboxylic acid groups (broad SMARTS) is 1. The number of anilines is 1. The molecule has 1 aromatic carbocycles. The number of rotatable bonds is 13. The van der Waals surface area contributed by atoms with Gasteiger partial charge in [0.05, 0.1) is 64.6 Å². The van der Waals surface area contributed by atoms with Crippen molar-refractivity contribution >= 4 is 64.8 Å². The fourth-order valence-electron chi connectivity index (χ4n) is 8.33. The number of esters is 2. The molecule has 3 aromatic rings. The number of aliphatic carboxylic acids is 1. The lowest BCUT2D eigenvalue weighted by Gasteiger charge is -2.36. The van der Waals surface area contributed by atoms with Crippen molar-refractivity contribution in [3.05, 3.63) is 51.3 Å². The van der Waals surface area contributed by atoms with Crippen LogP contribution >= 0.6 is 12.4 Å². The Bertz CT molecular complexity index is 2080. The average molecular weight is 763 g/mol. The molecule has 14 nitrogen and oxygen atoms in total. The fourth-order valence-corrected chi connectivity index (χ4v) is 8.33. The van der Waals surface area contributed by atoms with Gasteiger partial charge in [-0.3, -0.25) is 14.4 Å². The molecule has 1 fully saturated rings.